The Balaban J connectivity index is 2.05. The normalized spacial score (nSPS) is 11.6. The van der Waals surface area contributed by atoms with Gasteiger partial charge in [0.05, 0.1) is 23.4 Å². The predicted octanol–water partition coefficient (Wildman–Crippen LogP) is 4.33. The van der Waals surface area contributed by atoms with Gasteiger partial charge in [0.15, 0.2) is 6.10 Å². The summed E-state index contributed by atoms with van der Waals surface area (Å²) < 4.78 is 23.7. The van der Waals surface area contributed by atoms with E-state index in [4.69, 9.17) is 32.7 Å². The molecule has 2 rings (SSSR count). The van der Waals surface area contributed by atoms with Crippen LogP contribution in [0.2, 0.25) is 10.0 Å². The smallest absolute Gasteiger partial charge is 0.341 e. The Labute approximate surface area is 153 Å². The Kier molecular flexibility index (Phi) is 6.22. The van der Waals surface area contributed by atoms with E-state index in [-0.39, 0.29) is 22.0 Å². The van der Waals surface area contributed by atoms with Gasteiger partial charge >= 0.3 is 5.97 Å². The van der Waals surface area contributed by atoms with Gasteiger partial charge in [-0.05, 0) is 37.3 Å². The number of halogens is 3. The average molecular weight is 386 g/mol. The summed E-state index contributed by atoms with van der Waals surface area (Å²) in [7, 11) is 1.38. The van der Waals surface area contributed by atoms with E-state index in [1.807, 2.05) is 0 Å². The number of carbonyl (C=O) groups is 2. The van der Waals surface area contributed by atoms with Crippen LogP contribution in [0.1, 0.15) is 17.3 Å². The number of anilines is 1. The SMILES string of the molecule is COc1ccc(C(=O)O[C@@H](C)C(=O)Nc2cc(Cl)ccc2Cl)c(F)c1. The number of benzene rings is 2. The van der Waals surface area contributed by atoms with Crippen molar-refractivity contribution in [3.05, 3.63) is 57.8 Å². The summed E-state index contributed by atoms with van der Waals surface area (Å²) in [5.41, 5.74) is -0.0288. The number of hydrogen-bond donors (Lipinski definition) is 1. The van der Waals surface area contributed by atoms with Crippen molar-refractivity contribution in [2.45, 2.75) is 13.0 Å². The highest BCUT2D eigenvalue weighted by Gasteiger charge is 2.22. The molecule has 0 aliphatic carbocycles. The second kappa shape index (κ2) is 8.18. The number of ether oxygens (including phenoxy) is 2. The zero-order valence-electron chi connectivity index (χ0n) is 13.3. The lowest BCUT2D eigenvalue weighted by Crippen LogP contribution is -2.30. The molecule has 0 aliphatic heterocycles. The van der Waals surface area contributed by atoms with Crippen molar-refractivity contribution >= 4 is 40.8 Å². The van der Waals surface area contributed by atoms with Crippen LogP contribution in [0, 0.1) is 5.82 Å². The molecule has 2 aromatic rings. The lowest BCUT2D eigenvalue weighted by molar-refractivity contribution is -0.123. The second-order valence-corrected chi connectivity index (χ2v) is 5.85. The van der Waals surface area contributed by atoms with Crippen molar-refractivity contribution in [2.75, 3.05) is 12.4 Å². The molecule has 0 fully saturated rings. The van der Waals surface area contributed by atoms with Crippen LogP contribution in [0.25, 0.3) is 0 Å². The first-order chi connectivity index (χ1) is 11.8. The summed E-state index contributed by atoms with van der Waals surface area (Å²) in [5.74, 6) is -2.16. The third kappa shape index (κ3) is 4.84. The number of esters is 1. The fourth-order valence-electron chi connectivity index (χ4n) is 1.89. The first kappa shape index (κ1) is 19.0. The number of hydrogen-bond acceptors (Lipinski definition) is 4. The summed E-state index contributed by atoms with van der Waals surface area (Å²) in [6.45, 7) is 1.35. The Morgan fingerprint density at radius 1 is 1.16 bits per heavy atom. The van der Waals surface area contributed by atoms with E-state index in [1.54, 1.807) is 6.07 Å². The number of methoxy groups -OCH3 is 1. The predicted molar refractivity (Wildman–Crippen MR) is 92.9 cm³/mol. The van der Waals surface area contributed by atoms with Gasteiger partial charge in [-0.3, -0.25) is 4.79 Å². The molecule has 132 valence electrons. The number of nitrogens with one attached hydrogen (secondary N) is 1. The maximum absolute atomic E-state index is 13.9. The van der Waals surface area contributed by atoms with Crippen LogP contribution in [0.5, 0.6) is 5.75 Å². The van der Waals surface area contributed by atoms with Gasteiger partial charge in [-0.2, -0.15) is 0 Å². The molecule has 1 atom stereocenters. The zero-order valence-corrected chi connectivity index (χ0v) is 14.8. The van der Waals surface area contributed by atoms with Crippen molar-refractivity contribution in [2.24, 2.45) is 0 Å². The molecule has 0 unspecified atom stereocenters. The maximum atomic E-state index is 13.9. The van der Waals surface area contributed by atoms with Crippen LogP contribution >= 0.6 is 23.2 Å². The van der Waals surface area contributed by atoms with Gasteiger partial charge in [-0.15, -0.1) is 0 Å². The van der Waals surface area contributed by atoms with Gasteiger partial charge in [0.2, 0.25) is 0 Å². The third-order valence-electron chi connectivity index (χ3n) is 3.24. The average Bonchev–Trinajstić information content (AvgIpc) is 2.57. The van der Waals surface area contributed by atoms with Crippen LogP contribution < -0.4 is 10.1 Å². The Hall–Kier alpha value is -2.31. The minimum absolute atomic E-state index is 0.260. The number of rotatable bonds is 5. The molecule has 2 aromatic carbocycles. The summed E-state index contributed by atoms with van der Waals surface area (Å²) in [4.78, 5) is 24.1. The van der Waals surface area contributed by atoms with E-state index in [9.17, 15) is 14.0 Å². The zero-order chi connectivity index (χ0) is 18.6. The molecular formula is C17H14Cl2FNO4. The largest absolute Gasteiger partial charge is 0.497 e. The van der Waals surface area contributed by atoms with Gasteiger partial charge in [-0.25, -0.2) is 9.18 Å². The van der Waals surface area contributed by atoms with Crippen molar-refractivity contribution in [1.29, 1.82) is 0 Å². The molecule has 1 amide bonds. The number of amides is 1. The van der Waals surface area contributed by atoms with Gasteiger partial charge in [0.1, 0.15) is 11.6 Å². The van der Waals surface area contributed by atoms with E-state index < -0.39 is 23.8 Å². The minimum Gasteiger partial charge on any atom is -0.497 e. The Bertz CT molecular complexity index is 813. The van der Waals surface area contributed by atoms with Crippen LogP contribution in [0.3, 0.4) is 0 Å². The molecular weight excluding hydrogens is 372 g/mol. The van der Waals surface area contributed by atoms with E-state index in [2.05, 4.69) is 5.32 Å². The molecule has 8 heteroatoms. The first-order valence-electron chi connectivity index (χ1n) is 7.12. The standard InChI is InChI=1S/C17H14Cl2FNO4/c1-9(16(22)21-15-7-10(18)3-6-13(15)19)25-17(23)12-5-4-11(24-2)8-14(12)20/h3-9H,1-2H3,(H,21,22)/t9-/m0/s1. The quantitative estimate of drug-likeness (QED) is 0.778. The Morgan fingerprint density at radius 3 is 2.52 bits per heavy atom. The van der Waals surface area contributed by atoms with Gasteiger partial charge in [-0.1, -0.05) is 23.2 Å². The van der Waals surface area contributed by atoms with E-state index >= 15 is 0 Å². The molecule has 5 nitrogen and oxygen atoms in total. The first-order valence-corrected chi connectivity index (χ1v) is 7.88. The van der Waals surface area contributed by atoms with Gasteiger partial charge in [0.25, 0.3) is 5.91 Å². The van der Waals surface area contributed by atoms with E-state index in [0.29, 0.717) is 5.02 Å². The summed E-state index contributed by atoms with van der Waals surface area (Å²) in [6, 6.07) is 8.22. The number of carbonyl (C=O) groups excluding carboxylic acids is 2. The highest BCUT2D eigenvalue weighted by molar-refractivity contribution is 6.35. The molecule has 0 saturated heterocycles. The molecule has 0 spiro atoms. The van der Waals surface area contributed by atoms with Crippen molar-refractivity contribution in [3.8, 4) is 5.75 Å². The topological polar surface area (TPSA) is 64.6 Å². The van der Waals surface area contributed by atoms with Gasteiger partial charge in [0, 0.05) is 11.1 Å². The van der Waals surface area contributed by atoms with Crippen LogP contribution in [-0.4, -0.2) is 25.1 Å². The molecule has 25 heavy (non-hydrogen) atoms. The van der Waals surface area contributed by atoms with Crippen LogP contribution in [0.15, 0.2) is 36.4 Å². The molecule has 0 heterocycles. The molecule has 0 aliphatic rings. The highest BCUT2D eigenvalue weighted by atomic mass is 35.5. The van der Waals surface area contributed by atoms with Crippen molar-refractivity contribution in [1.82, 2.24) is 0 Å². The lowest BCUT2D eigenvalue weighted by atomic mass is 10.2. The van der Waals surface area contributed by atoms with E-state index in [0.717, 1.165) is 6.07 Å². The van der Waals surface area contributed by atoms with Gasteiger partial charge < -0.3 is 14.8 Å². The fourth-order valence-corrected chi connectivity index (χ4v) is 2.23. The summed E-state index contributed by atoms with van der Waals surface area (Å²) >= 11 is 11.8. The Morgan fingerprint density at radius 2 is 1.88 bits per heavy atom. The van der Waals surface area contributed by atoms with Crippen molar-refractivity contribution < 1.29 is 23.5 Å². The molecule has 0 radical (unpaired) electrons. The summed E-state index contributed by atoms with van der Waals surface area (Å²) in [6.07, 6.45) is -1.18. The monoisotopic (exact) mass is 385 g/mol. The van der Waals surface area contributed by atoms with Crippen molar-refractivity contribution in [3.63, 3.8) is 0 Å². The molecule has 0 saturated carbocycles. The highest BCUT2D eigenvalue weighted by Crippen LogP contribution is 2.25. The second-order valence-electron chi connectivity index (χ2n) is 5.01. The molecule has 0 bridgehead atoms. The maximum Gasteiger partial charge on any atom is 0.341 e. The van der Waals surface area contributed by atoms with Crippen LogP contribution in [-0.2, 0) is 9.53 Å². The minimum atomic E-state index is -1.18. The third-order valence-corrected chi connectivity index (χ3v) is 3.80. The van der Waals surface area contributed by atoms with Crippen LogP contribution in [0.4, 0.5) is 10.1 Å². The fraction of sp³-hybridized carbons (Fsp3) is 0.176. The summed E-state index contributed by atoms with van der Waals surface area (Å²) in [5, 5.41) is 3.15. The molecule has 1 N–H and O–H groups in total. The molecule has 0 aromatic heterocycles. The lowest BCUT2D eigenvalue weighted by Gasteiger charge is -2.15. The van der Waals surface area contributed by atoms with E-state index in [1.165, 1.54) is 38.3 Å².